The van der Waals surface area contributed by atoms with Gasteiger partial charge >= 0.3 is 0 Å². The van der Waals surface area contributed by atoms with Crippen LogP contribution in [0.3, 0.4) is 0 Å². The van der Waals surface area contributed by atoms with Gasteiger partial charge in [-0.15, -0.1) is 0 Å². The summed E-state index contributed by atoms with van der Waals surface area (Å²) < 4.78 is 15.7. The van der Waals surface area contributed by atoms with Crippen LogP contribution in [0.4, 0.5) is 5.82 Å². The van der Waals surface area contributed by atoms with Crippen LogP contribution in [0.5, 0.6) is 5.88 Å². The van der Waals surface area contributed by atoms with Crippen molar-refractivity contribution >= 4 is 5.82 Å². The summed E-state index contributed by atoms with van der Waals surface area (Å²) in [5.74, 6) is 1.85. The van der Waals surface area contributed by atoms with Crippen LogP contribution in [0.1, 0.15) is 19.7 Å². The minimum atomic E-state index is -0.0604. The summed E-state index contributed by atoms with van der Waals surface area (Å²) in [4.78, 5) is 8.58. The number of ether oxygens (including phenoxy) is 3. The standard InChI is InChI=1S/C12H21N3O3/c1-5-13-10-6-12(18-9(2)7-16-3)15-11(14-10)8-17-4/h6,9H,5,7-8H2,1-4H3,(H,13,14,15). The van der Waals surface area contributed by atoms with Gasteiger partial charge in [0.25, 0.3) is 0 Å². The molecule has 6 heteroatoms. The van der Waals surface area contributed by atoms with E-state index in [0.29, 0.717) is 24.9 Å². The van der Waals surface area contributed by atoms with Crippen molar-refractivity contribution in [3.05, 3.63) is 11.9 Å². The number of rotatable bonds is 8. The van der Waals surface area contributed by atoms with Crippen LogP contribution in [0, 0.1) is 0 Å². The molecule has 0 saturated carbocycles. The zero-order valence-electron chi connectivity index (χ0n) is 11.4. The Kier molecular flexibility index (Phi) is 6.38. The molecular formula is C12H21N3O3. The molecule has 1 rings (SSSR count). The van der Waals surface area contributed by atoms with Gasteiger partial charge in [0.2, 0.25) is 5.88 Å². The minimum absolute atomic E-state index is 0.0604. The van der Waals surface area contributed by atoms with Crippen molar-refractivity contribution < 1.29 is 14.2 Å². The maximum absolute atomic E-state index is 5.66. The van der Waals surface area contributed by atoms with E-state index in [9.17, 15) is 0 Å². The van der Waals surface area contributed by atoms with Gasteiger partial charge in [-0.25, -0.2) is 4.98 Å². The Morgan fingerprint density at radius 2 is 2.06 bits per heavy atom. The number of anilines is 1. The average Bonchev–Trinajstić information content (AvgIpc) is 2.29. The normalized spacial score (nSPS) is 12.2. The first kappa shape index (κ1) is 14.7. The number of hydrogen-bond acceptors (Lipinski definition) is 6. The van der Waals surface area contributed by atoms with Crippen molar-refractivity contribution in [2.75, 3.05) is 32.7 Å². The van der Waals surface area contributed by atoms with Gasteiger partial charge in [0.15, 0.2) is 5.82 Å². The molecule has 1 aromatic rings. The van der Waals surface area contributed by atoms with Crippen LogP contribution in [0.25, 0.3) is 0 Å². The first-order valence-electron chi connectivity index (χ1n) is 5.96. The predicted octanol–water partition coefficient (Wildman–Crippen LogP) is 1.47. The first-order valence-corrected chi connectivity index (χ1v) is 5.96. The molecular weight excluding hydrogens is 234 g/mol. The molecule has 0 spiro atoms. The summed E-state index contributed by atoms with van der Waals surface area (Å²) in [6.45, 7) is 5.59. The maximum Gasteiger partial charge on any atom is 0.219 e. The summed E-state index contributed by atoms with van der Waals surface area (Å²) in [7, 11) is 3.25. The summed E-state index contributed by atoms with van der Waals surface area (Å²) in [5.41, 5.74) is 0. The van der Waals surface area contributed by atoms with Gasteiger partial charge in [0.05, 0.1) is 6.61 Å². The van der Waals surface area contributed by atoms with Gasteiger partial charge in [-0.05, 0) is 13.8 Å². The van der Waals surface area contributed by atoms with Gasteiger partial charge in [0, 0.05) is 26.8 Å². The highest BCUT2D eigenvalue weighted by Crippen LogP contribution is 2.15. The Hall–Kier alpha value is -1.40. The van der Waals surface area contributed by atoms with Crippen LogP contribution in [-0.2, 0) is 16.1 Å². The van der Waals surface area contributed by atoms with Crippen molar-refractivity contribution in [2.24, 2.45) is 0 Å². The molecule has 0 radical (unpaired) electrons. The van der Waals surface area contributed by atoms with E-state index < -0.39 is 0 Å². The van der Waals surface area contributed by atoms with E-state index in [1.165, 1.54) is 0 Å². The molecule has 1 N–H and O–H groups in total. The molecule has 0 aliphatic heterocycles. The highest BCUT2D eigenvalue weighted by Gasteiger charge is 2.09. The maximum atomic E-state index is 5.66. The second-order valence-corrected chi connectivity index (χ2v) is 3.85. The van der Waals surface area contributed by atoms with Crippen LogP contribution < -0.4 is 10.1 Å². The molecule has 0 bridgehead atoms. The largest absolute Gasteiger partial charge is 0.472 e. The molecule has 1 atom stereocenters. The van der Waals surface area contributed by atoms with Crippen molar-refractivity contribution in [1.29, 1.82) is 0 Å². The van der Waals surface area contributed by atoms with Crippen molar-refractivity contribution in [1.82, 2.24) is 9.97 Å². The van der Waals surface area contributed by atoms with Crippen molar-refractivity contribution in [3.8, 4) is 5.88 Å². The highest BCUT2D eigenvalue weighted by atomic mass is 16.5. The van der Waals surface area contributed by atoms with E-state index in [0.717, 1.165) is 12.4 Å². The summed E-state index contributed by atoms with van der Waals surface area (Å²) in [5, 5.41) is 3.13. The molecule has 18 heavy (non-hydrogen) atoms. The van der Waals surface area contributed by atoms with Gasteiger partial charge < -0.3 is 19.5 Å². The van der Waals surface area contributed by atoms with E-state index in [1.807, 2.05) is 13.8 Å². The second-order valence-electron chi connectivity index (χ2n) is 3.85. The van der Waals surface area contributed by atoms with E-state index in [4.69, 9.17) is 14.2 Å². The van der Waals surface area contributed by atoms with E-state index >= 15 is 0 Å². The first-order chi connectivity index (χ1) is 8.69. The fraction of sp³-hybridized carbons (Fsp3) is 0.667. The number of aromatic nitrogens is 2. The highest BCUT2D eigenvalue weighted by molar-refractivity contribution is 5.38. The van der Waals surface area contributed by atoms with Crippen LogP contribution >= 0.6 is 0 Å². The molecule has 0 aliphatic carbocycles. The zero-order valence-corrected chi connectivity index (χ0v) is 11.4. The Labute approximate surface area is 108 Å². The third-order valence-corrected chi connectivity index (χ3v) is 2.10. The van der Waals surface area contributed by atoms with Crippen molar-refractivity contribution in [3.63, 3.8) is 0 Å². The average molecular weight is 255 g/mol. The Balaban J connectivity index is 2.81. The van der Waals surface area contributed by atoms with Gasteiger partial charge in [-0.2, -0.15) is 4.98 Å². The fourth-order valence-corrected chi connectivity index (χ4v) is 1.47. The number of nitrogens with one attached hydrogen (secondary N) is 1. The summed E-state index contributed by atoms with van der Waals surface area (Å²) >= 11 is 0. The van der Waals surface area contributed by atoms with E-state index in [2.05, 4.69) is 15.3 Å². The monoisotopic (exact) mass is 255 g/mol. The summed E-state index contributed by atoms with van der Waals surface area (Å²) in [6.07, 6.45) is -0.0604. The lowest BCUT2D eigenvalue weighted by Gasteiger charge is -2.14. The lowest BCUT2D eigenvalue weighted by atomic mass is 10.4. The van der Waals surface area contributed by atoms with Crippen LogP contribution in [-0.4, -0.2) is 43.4 Å². The van der Waals surface area contributed by atoms with Crippen LogP contribution in [0.15, 0.2) is 6.07 Å². The van der Waals surface area contributed by atoms with Gasteiger partial charge in [0.1, 0.15) is 18.5 Å². The van der Waals surface area contributed by atoms with E-state index in [1.54, 1.807) is 20.3 Å². The zero-order chi connectivity index (χ0) is 13.4. The van der Waals surface area contributed by atoms with Gasteiger partial charge in [-0.3, -0.25) is 0 Å². The molecule has 1 aromatic heterocycles. The minimum Gasteiger partial charge on any atom is -0.472 e. The Morgan fingerprint density at radius 3 is 2.67 bits per heavy atom. The lowest BCUT2D eigenvalue weighted by Crippen LogP contribution is -2.19. The SMILES string of the molecule is CCNc1cc(OC(C)COC)nc(COC)n1. The predicted molar refractivity (Wildman–Crippen MR) is 68.9 cm³/mol. The number of methoxy groups -OCH3 is 2. The molecule has 1 heterocycles. The molecule has 0 fully saturated rings. The van der Waals surface area contributed by atoms with E-state index in [-0.39, 0.29) is 6.10 Å². The van der Waals surface area contributed by atoms with Crippen molar-refractivity contribution in [2.45, 2.75) is 26.6 Å². The molecule has 1 unspecified atom stereocenters. The molecule has 102 valence electrons. The smallest absolute Gasteiger partial charge is 0.219 e. The topological polar surface area (TPSA) is 65.5 Å². The molecule has 0 aromatic carbocycles. The second kappa shape index (κ2) is 7.84. The number of hydrogen-bond donors (Lipinski definition) is 1. The Morgan fingerprint density at radius 1 is 1.28 bits per heavy atom. The third-order valence-electron chi connectivity index (χ3n) is 2.10. The molecule has 6 nitrogen and oxygen atoms in total. The fourth-order valence-electron chi connectivity index (χ4n) is 1.47. The van der Waals surface area contributed by atoms with Crippen LogP contribution in [0.2, 0.25) is 0 Å². The molecule has 0 aliphatic rings. The Bertz CT molecular complexity index is 336. The molecule has 0 saturated heterocycles. The third kappa shape index (κ3) is 4.85. The summed E-state index contributed by atoms with van der Waals surface area (Å²) in [6, 6.07) is 1.77. The quantitative estimate of drug-likeness (QED) is 0.759. The lowest BCUT2D eigenvalue weighted by molar-refractivity contribution is 0.0881. The van der Waals surface area contributed by atoms with Gasteiger partial charge in [-0.1, -0.05) is 0 Å². The number of nitrogens with zero attached hydrogens (tertiary/aromatic N) is 2. The molecule has 0 amide bonds.